The van der Waals surface area contributed by atoms with Gasteiger partial charge < -0.3 is 4.74 Å². The van der Waals surface area contributed by atoms with Crippen LogP contribution in [0.4, 0.5) is 0 Å². The minimum Gasteiger partial charge on any atom is -0.468 e. The second-order valence-electron chi connectivity index (χ2n) is 5.33. The highest BCUT2D eigenvalue weighted by molar-refractivity contribution is 6.16. The largest absolute Gasteiger partial charge is 0.468 e. The predicted octanol–water partition coefficient (Wildman–Crippen LogP) is 3.22. The van der Waals surface area contributed by atoms with Crippen molar-refractivity contribution in [3.05, 3.63) is 71.8 Å². The van der Waals surface area contributed by atoms with E-state index >= 15 is 0 Å². The smallest absolute Gasteiger partial charge is 0.320 e. The molecule has 2 aromatic carbocycles. The Morgan fingerprint density at radius 2 is 1.57 bits per heavy atom. The number of rotatable bonds is 4. The third-order valence-electron chi connectivity index (χ3n) is 4.15. The third-order valence-corrected chi connectivity index (χ3v) is 4.15. The van der Waals surface area contributed by atoms with Crippen molar-refractivity contribution in [1.29, 1.82) is 0 Å². The van der Waals surface area contributed by atoms with Gasteiger partial charge in [-0.1, -0.05) is 60.7 Å². The number of hydrogen-bond acceptors (Lipinski definition) is 3. The van der Waals surface area contributed by atoms with Crippen LogP contribution >= 0.6 is 0 Å². The topological polar surface area (TPSA) is 43.4 Å². The van der Waals surface area contributed by atoms with E-state index in [-0.39, 0.29) is 11.7 Å². The molecule has 0 aromatic heterocycles. The molecule has 1 saturated carbocycles. The molecule has 3 nitrogen and oxygen atoms in total. The van der Waals surface area contributed by atoms with Gasteiger partial charge in [0.1, 0.15) is 5.41 Å². The molecule has 0 saturated heterocycles. The number of carbonyl (C=O) groups is 2. The maximum atomic E-state index is 12.8. The van der Waals surface area contributed by atoms with Crippen molar-refractivity contribution >= 4 is 11.8 Å². The van der Waals surface area contributed by atoms with Gasteiger partial charge in [-0.2, -0.15) is 0 Å². The van der Waals surface area contributed by atoms with Crippen molar-refractivity contribution in [1.82, 2.24) is 0 Å². The maximum Gasteiger partial charge on any atom is 0.320 e. The Labute approximate surface area is 123 Å². The van der Waals surface area contributed by atoms with Gasteiger partial charge in [-0.3, -0.25) is 9.59 Å². The van der Waals surface area contributed by atoms with Gasteiger partial charge in [0, 0.05) is 11.5 Å². The van der Waals surface area contributed by atoms with Crippen molar-refractivity contribution in [2.24, 2.45) is 5.41 Å². The molecule has 2 aromatic rings. The molecule has 1 aliphatic rings. The molecule has 0 bridgehead atoms. The van der Waals surface area contributed by atoms with Crippen LogP contribution in [0.2, 0.25) is 0 Å². The Kier molecular flexibility index (Phi) is 3.34. The standard InChI is InChI=1S/C18H16O3/c1-21-17(20)18(16(19)14-10-6-3-7-11-14)12-15(18)13-8-4-2-5-9-13/h2-11,15H,12H2,1H3/t15-,18-/m0/s1. The summed E-state index contributed by atoms with van der Waals surface area (Å²) in [6.07, 6.45) is 0.511. The fourth-order valence-corrected chi connectivity index (χ4v) is 2.95. The Balaban J connectivity index is 1.98. The predicted molar refractivity (Wildman–Crippen MR) is 79.0 cm³/mol. The van der Waals surface area contributed by atoms with E-state index in [1.807, 2.05) is 36.4 Å². The first-order chi connectivity index (χ1) is 10.2. The first kappa shape index (κ1) is 13.6. The minimum absolute atomic E-state index is 0.0983. The van der Waals surface area contributed by atoms with Gasteiger partial charge in [0.2, 0.25) is 0 Å². The van der Waals surface area contributed by atoms with Crippen molar-refractivity contribution < 1.29 is 14.3 Å². The van der Waals surface area contributed by atoms with Crippen LogP contribution in [0.1, 0.15) is 28.3 Å². The summed E-state index contributed by atoms with van der Waals surface area (Å²) in [5.41, 5.74) is 0.505. The lowest BCUT2D eigenvalue weighted by atomic mass is 9.90. The number of esters is 1. The average molecular weight is 280 g/mol. The van der Waals surface area contributed by atoms with Crippen LogP contribution in [0.3, 0.4) is 0 Å². The van der Waals surface area contributed by atoms with Crippen LogP contribution in [0.5, 0.6) is 0 Å². The van der Waals surface area contributed by atoms with Crippen LogP contribution in [-0.4, -0.2) is 18.9 Å². The van der Waals surface area contributed by atoms with Gasteiger partial charge in [-0.25, -0.2) is 0 Å². The van der Waals surface area contributed by atoms with Crippen molar-refractivity contribution in [2.45, 2.75) is 12.3 Å². The fourth-order valence-electron chi connectivity index (χ4n) is 2.95. The molecule has 0 aliphatic heterocycles. The molecule has 1 aliphatic carbocycles. The van der Waals surface area contributed by atoms with E-state index in [9.17, 15) is 9.59 Å². The van der Waals surface area contributed by atoms with Crippen LogP contribution in [-0.2, 0) is 9.53 Å². The molecule has 1 fully saturated rings. The zero-order chi connectivity index (χ0) is 14.9. The molecule has 0 spiro atoms. The van der Waals surface area contributed by atoms with E-state index in [1.165, 1.54) is 7.11 Å². The lowest BCUT2D eigenvalue weighted by Crippen LogP contribution is -2.29. The summed E-state index contributed by atoms with van der Waals surface area (Å²) in [4.78, 5) is 25.1. The first-order valence-corrected chi connectivity index (χ1v) is 6.93. The number of ketones is 1. The zero-order valence-electron chi connectivity index (χ0n) is 11.8. The summed E-state index contributed by atoms with van der Waals surface area (Å²) in [7, 11) is 1.34. The maximum absolute atomic E-state index is 12.8. The average Bonchev–Trinajstić information content (AvgIpc) is 3.32. The molecule has 0 unspecified atom stereocenters. The summed E-state index contributed by atoms with van der Waals surface area (Å²) >= 11 is 0. The number of hydrogen-bond donors (Lipinski definition) is 0. The summed E-state index contributed by atoms with van der Waals surface area (Å²) < 4.78 is 4.91. The van der Waals surface area contributed by atoms with Crippen molar-refractivity contribution in [3.63, 3.8) is 0 Å². The summed E-state index contributed by atoms with van der Waals surface area (Å²) in [6.45, 7) is 0. The molecule has 0 radical (unpaired) electrons. The lowest BCUT2D eigenvalue weighted by molar-refractivity contribution is -0.145. The quantitative estimate of drug-likeness (QED) is 0.490. The van der Waals surface area contributed by atoms with E-state index in [4.69, 9.17) is 4.74 Å². The molecule has 3 heteroatoms. The summed E-state index contributed by atoms with van der Waals surface area (Å²) in [5, 5.41) is 0. The van der Waals surface area contributed by atoms with Gasteiger partial charge in [-0.15, -0.1) is 0 Å². The molecule has 21 heavy (non-hydrogen) atoms. The molecule has 3 rings (SSSR count). The minimum atomic E-state index is -1.06. The number of Topliss-reactive ketones (excluding diaryl/α,β-unsaturated/α-hetero) is 1. The van der Waals surface area contributed by atoms with Gasteiger partial charge >= 0.3 is 5.97 Å². The molecule has 0 amide bonds. The van der Waals surface area contributed by atoms with Crippen LogP contribution in [0.25, 0.3) is 0 Å². The van der Waals surface area contributed by atoms with Crippen LogP contribution in [0, 0.1) is 5.41 Å². The van der Waals surface area contributed by atoms with E-state index in [0.29, 0.717) is 12.0 Å². The monoisotopic (exact) mass is 280 g/mol. The number of ether oxygens (including phenoxy) is 1. The van der Waals surface area contributed by atoms with E-state index in [2.05, 4.69) is 0 Å². The Bertz CT molecular complexity index is 663. The molecule has 106 valence electrons. The fraction of sp³-hybridized carbons (Fsp3) is 0.222. The Hall–Kier alpha value is -2.42. The SMILES string of the molecule is COC(=O)[C@@]1(C(=O)c2ccccc2)C[C@H]1c1ccccc1. The van der Waals surface area contributed by atoms with Crippen LogP contribution in [0.15, 0.2) is 60.7 Å². The van der Waals surface area contributed by atoms with Gasteiger partial charge in [0.05, 0.1) is 7.11 Å². The van der Waals surface area contributed by atoms with Gasteiger partial charge in [0.15, 0.2) is 5.78 Å². The molecular formula is C18H16O3. The third kappa shape index (κ3) is 2.15. The van der Waals surface area contributed by atoms with E-state index < -0.39 is 11.4 Å². The number of methoxy groups -OCH3 is 1. The Morgan fingerprint density at radius 3 is 2.14 bits per heavy atom. The Morgan fingerprint density at radius 1 is 1.00 bits per heavy atom. The number of carbonyl (C=O) groups excluding carboxylic acids is 2. The van der Waals surface area contributed by atoms with Gasteiger partial charge in [-0.05, 0) is 12.0 Å². The molecular weight excluding hydrogens is 264 g/mol. The highest BCUT2D eigenvalue weighted by Gasteiger charge is 2.66. The van der Waals surface area contributed by atoms with E-state index in [0.717, 1.165) is 5.56 Å². The van der Waals surface area contributed by atoms with Gasteiger partial charge in [0.25, 0.3) is 0 Å². The second kappa shape index (κ2) is 5.17. The normalized spacial score (nSPS) is 23.4. The highest BCUT2D eigenvalue weighted by atomic mass is 16.5. The molecule has 2 atom stereocenters. The first-order valence-electron chi connectivity index (χ1n) is 6.93. The summed E-state index contributed by atoms with van der Waals surface area (Å²) in [6, 6.07) is 18.6. The van der Waals surface area contributed by atoms with Crippen molar-refractivity contribution in [3.8, 4) is 0 Å². The highest BCUT2D eigenvalue weighted by Crippen LogP contribution is 2.61. The van der Waals surface area contributed by atoms with Crippen LogP contribution < -0.4 is 0 Å². The zero-order valence-corrected chi connectivity index (χ0v) is 11.8. The molecule has 0 heterocycles. The van der Waals surface area contributed by atoms with E-state index in [1.54, 1.807) is 24.3 Å². The number of benzene rings is 2. The van der Waals surface area contributed by atoms with Crippen molar-refractivity contribution in [2.75, 3.05) is 7.11 Å². The lowest BCUT2D eigenvalue weighted by Gasteiger charge is -2.14. The second-order valence-corrected chi connectivity index (χ2v) is 5.33. The molecule has 0 N–H and O–H groups in total. The summed E-state index contributed by atoms with van der Waals surface area (Å²) in [5.74, 6) is -0.687.